The lowest BCUT2D eigenvalue weighted by atomic mass is 9.96. The number of para-hydroxylation sites is 1. The van der Waals surface area contributed by atoms with Crippen LogP contribution in [0.1, 0.15) is 31.0 Å². The Morgan fingerprint density at radius 3 is 2.64 bits per heavy atom. The van der Waals surface area contributed by atoms with Crippen molar-refractivity contribution in [1.29, 1.82) is 0 Å². The van der Waals surface area contributed by atoms with Gasteiger partial charge in [0.15, 0.2) is 4.80 Å². The average molecular weight is 458 g/mol. The first kappa shape index (κ1) is 21.2. The Kier molecular flexibility index (Phi) is 5.34. The van der Waals surface area contributed by atoms with Gasteiger partial charge in [0.2, 0.25) is 0 Å². The van der Waals surface area contributed by atoms with Gasteiger partial charge in [-0.15, -0.1) is 0 Å². The summed E-state index contributed by atoms with van der Waals surface area (Å²) in [7, 11) is 1.99. The zero-order valence-electron chi connectivity index (χ0n) is 18.6. The van der Waals surface area contributed by atoms with Crippen LogP contribution in [0.5, 0.6) is 0 Å². The highest BCUT2D eigenvalue weighted by atomic mass is 32.1. The molecule has 7 heteroatoms. The molecule has 33 heavy (non-hydrogen) atoms. The predicted octanol–water partition coefficient (Wildman–Crippen LogP) is 3.29. The van der Waals surface area contributed by atoms with Crippen molar-refractivity contribution in [3.8, 4) is 0 Å². The number of ether oxygens (including phenoxy) is 1. The number of thiazole rings is 1. The number of aromatic nitrogens is 2. The van der Waals surface area contributed by atoms with Gasteiger partial charge in [-0.25, -0.2) is 9.79 Å². The van der Waals surface area contributed by atoms with E-state index in [1.54, 1.807) is 18.4 Å². The van der Waals surface area contributed by atoms with Crippen molar-refractivity contribution >= 4 is 34.3 Å². The fourth-order valence-corrected chi connectivity index (χ4v) is 5.41. The summed E-state index contributed by atoms with van der Waals surface area (Å²) in [6.07, 6.45) is 3.93. The molecule has 0 spiro atoms. The van der Waals surface area contributed by atoms with Crippen LogP contribution >= 0.6 is 11.3 Å². The molecule has 0 amide bonds. The highest BCUT2D eigenvalue weighted by molar-refractivity contribution is 7.07. The van der Waals surface area contributed by atoms with Gasteiger partial charge in [-0.2, -0.15) is 0 Å². The molecular weight excluding hydrogens is 434 g/mol. The monoisotopic (exact) mass is 457 g/mol. The minimum atomic E-state index is -0.587. The number of allylic oxidation sites excluding steroid dienone is 1. The molecule has 0 N–H and O–H groups in total. The highest BCUT2D eigenvalue weighted by Gasteiger charge is 2.33. The number of hydrogen-bond acceptors (Lipinski definition) is 5. The number of hydrogen-bond donors (Lipinski definition) is 0. The van der Waals surface area contributed by atoms with Gasteiger partial charge in [0, 0.05) is 29.7 Å². The van der Waals surface area contributed by atoms with Crippen molar-refractivity contribution in [2.24, 2.45) is 12.0 Å². The third-order valence-corrected chi connectivity index (χ3v) is 6.83. The van der Waals surface area contributed by atoms with E-state index in [1.807, 2.05) is 72.4 Å². The van der Waals surface area contributed by atoms with Gasteiger partial charge >= 0.3 is 5.97 Å². The summed E-state index contributed by atoms with van der Waals surface area (Å²) in [5, 5.41) is 1.08. The predicted molar refractivity (Wildman–Crippen MR) is 130 cm³/mol. The molecule has 166 valence electrons. The number of nitrogens with zero attached hydrogens (tertiary/aromatic N) is 3. The Morgan fingerprint density at radius 1 is 1.15 bits per heavy atom. The lowest BCUT2D eigenvalue weighted by molar-refractivity contribution is -0.139. The Hall–Kier alpha value is -3.71. The van der Waals surface area contributed by atoms with E-state index >= 15 is 0 Å². The van der Waals surface area contributed by atoms with Crippen LogP contribution in [-0.2, 0) is 16.6 Å². The minimum Gasteiger partial charge on any atom is -0.463 e. The molecule has 1 aliphatic rings. The molecule has 4 aromatic rings. The maximum Gasteiger partial charge on any atom is 0.338 e. The first-order valence-electron chi connectivity index (χ1n) is 10.8. The second kappa shape index (κ2) is 8.33. The van der Waals surface area contributed by atoms with Crippen molar-refractivity contribution in [2.75, 3.05) is 6.61 Å². The Morgan fingerprint density at radius 2 is 1.88 bits per heavy atom. The molecule has 0 radical (unpaired) electrons. The molecule has 1 atom stereocenters. The van der Waals surface area contributed by atoms with Crippen molar-refractivity contribution < 1.29 is 9.53 Å². The molecule has 2 aromatic heterocycles. The maximum atomic E-state index is 13.7. The molecule has 6 nitrogen and oxygen atoms in total. The number of carbonyl (C=O) groups excluding carboxylic acids is 1. The van der Waals surface area contributed by atoms with Gasteiger partial charge in [0.25, 0.3) is 5.56 Å². The van der Waals surface area contributed by atoms with Crippen LogP contribution in [0.2, 0.25) is 0 Å². The van der Waals surface area contributed by atoms with Gasteiger partial charge in [-0.1, -0.05) is 59.9 Å². The summed E-state index contributed by atoms with van der Waals surface area (Å²) < 4.78 is 9.58. The number of fused-ring (bicyclic) bond motifs is 2. The molecule has 1 aliphatic heterocycles. The average Bonchev–Trinajstić information content (AvgIpc) is 3.30. The van der Waals surface area contributed by atoms with E-state index in [4.69, 9.17) is 4.74 Å². The first-order valence-corrected chi connectivity index (χ1v) is 11.6. The fourth-order valence-electron chi connectivity index (χ4n) is 4.37. The summed E-state index contributed by atoms with van der Waals surface area (Å²) in [4.78, 5) is 31.8. The number of rotatable bonds is 4. The molecule has 0 bridgehead atoms. The normalized spacial score (nSPS) is 16.1. The smallest absolute Gasteiger partial charge is 0.338 e. The number of esters is 1. The fraction of sp³-hybridized carbons (Fsp3) is 0.192. The molecule has 2 aromatic carbocycles. The summed E-state index contributed by atoms with van der Waals surface area (Å²) in [6, 6.07) is 17.1. The molecule has 0 saturated heterocycles. The molecule has 0 unspecified atom stereocenters. The van der Waals surface area contributed by atoms with Crippen LogP contribution in [-0.4, -0.2) is 21.7 Å². The Balaban J connectivity index is 1.75. The van der Waals surface area contributed by atoms with Crippen molar-refractivity contribution in [2.45, 2.75) is 19.9 Å². The van der Waals surface area contributed by atoms with E-state index in [0.717, 1.165) is 22.0 Å². The Labute approximate surface area is 194 Å². The third kappa shape index (κ3) is 3.54. The van der Waals surface area contributed by atoms with Crippen LogP contribution in [0.25, 0.3) is 17.0 Å². The van der Waals surface area contributed by atoms with Crippen LogP contribution in [0.3, 0.4) is 0 Å². The lowest BCUT2D eigenvalue weighted by Crippen LogP contribution is -2.39. The van der Waals surface area contributed by atoms with Gasteiger partial charge in [-0.3, -0.25) is 9.36 Å². The molecule has 0 fully saturated rings. The van der Waals surface area contributed by atoms with E-state index in [2.05, 4.69) is 11.1 Å². The maximum absolute atomic E-state index is 13.7. The van der Waals surface area contributed by atoms with Crippen LogP contribution in [0, 0.1) is 0 Å². The van der Waals surface area contributed by atoms with Crippen LogP contribution < -0.4 is 14.9 Å². The minimum absolute atomic E-state index is 0.171. The summed E-state index contributed by atoms with van der Waals surface area (Å²) in [5.74, 6) is -0.448. The van der Waals surface area contributed by atoms with E-state index in [9.17, 15) is 9.59 Å². The van der Waals surface area contributed by atoms with Gasteiger partial charge in [-0.05, 0) is 31.6 Å². The molecular formula is C26H23N3O3S. The zero-order valence-corrected chi connectivity index (χ0v) is 19.4. The van der Waals surface area contributed by atoms with E-state index in [-0.39, 0.29) is 12.2 Å². The summed E-state index contributed by atoms with van der Waals surface area (Å²) in [6.45, 7) is 3.82. The number of aryl methyl sites for hydroxylation is 1. The standard InChI is InChI=1S/C26H23N3O3S/c1-4-32-25(31)22-16(2)27-26-29(23(22)17-10-6-5-7-11-17)24(30)21(33-26)14-18-15-28(3)20-13-9-8-12-19(18)20/h5-15,23H,4H2,1-3H3/b21-14-/t23-/m0/s1. The van der Waals surface area contributed by atoms with Crippen molar-refractivity contribution in [1.82, 2.24) is 9.13 Å². The van der Waals surface area contributed by atoms with Crippen LogP contribution in [0.15, 0.2) is 81.9 Å². The SMILES string of the molecule is CCOC(=O)C1=C(C)N=c2s/c(=C\c3cn(C)c4ccccc34)c(=O)n2[C@H]1c1ccccc1. The highest BCUT2D eigenvalue weighted by Crippen LogP contribution is 2.30. The first-order chi connectivity index (χ1) is 16.0. The number of carbonyl (C=O) groups is 1. The van der Waals surface area contributed by atoms with Crippen LogP contribution in [0.4, 0.5) is 0 Å². The second-order valence-corrected chi connectivity index (χ2v) is 8.93. The van der Waals surface area contributed by atoms with Gasteiger partial charge < -0.3 is 9.30 Å². The largest absolute Gasteiger partial charge is 0.463 e. The molecule has 5 rings (SSSR count). The zero-order chi connectivity index (χ0) is 23.1. The quantitative estimate of drug-likeness (QED) is 0.442. The number of benzene rings is 2. The van der Waals surface area contributed by atoms with E-state index in [1.165, 1.54) is 11.3 Å². The molecule has 0 aliphatic carbocycles. The summed E-state index contributed by atoms with van der Waals surface area (Å²) >= 11 is 1.34. The molecule has 0 saturated carbocycles. The van der Waals surface area contributed by atoms with Crippen molar-refractivity contribution in [3.05, 3.63) is 103 Å². The Bertz CT molecular complexity index is 1590. The van der Waals surface area contributed by atoms with Gasteiger partial charge in [0.05, 0.1) is 28.5 Å². The van der Waals surface area contributed by atoms with Gasteiger partial charge in [0.1, 0.15) is 0 Å². The van der Waals surface area contributed by atoms with E-state index in [0.29, 0.717) is 20.6 Å². The molecule has 3 heterocycles. The second-order valence-electron chi connectivity index (χ2n) is 7.93. The van der Waals surface area contributed by atoms with Crippen molar-refractivity contribution in [3.63, 3.8) is 0 Å². The van der Waals surface area contributed by atoms with E-state index < -0.39 is 12.0 Å². The topological polar surface area (TPSA) is 65.6 Å². The third-order valence-electron chi connectivity index (χ3n) is 5.85. The summed E-state index contributed by atoms with van der Waals surface area (Å²) in [5.41, 5.74) is 3.70. The lowest BCUT2D eigenvalue weighted by Gasteiger charge is -2.24.